The minimum atomic E-state index is 0.143. The summed E-state index contributed by atoms with van der Waals surface area (Å²) in [6, 6.07) is 0. The van der Waals surface area contributed by atoms with Gasteiger partial charge in [-0.3, -0.25) is 0 Å². The summed E-state index contributed by atoms with van der Waals surface area (Å²) in [5.41, 5.74) is 1.30. The molecule has 2 rings (SSSR count). The van der Waals surface area contributed by atoms with Crippen LogP contribution in [-0.2, 0) is 6.54 Å². The molecule has 1 aliphatic rings. The van der Waals surface area contributed by atoms with Crippen LogP contribution < -0.4 is 10.2 Å². The Bertz CT molecular complexity index is 430. The van der Waals surface area contributed by atoms with Gasteiger partial charge >= 0.3 is 0 Å². The van der Waals surface area contributed by atoms with Crippen molar-refractivity contribution >= 4 is 16.5 Å². The van der Waals surface area contributed by atoms with Gasteiger partial charge in [0.15, 0.2) is 5.13 Å². The van der Waals surface area contributed by atoms with Gasteiger partial charge in [0, 0.05) is 31.1 Å². The van der Waals surface area contributed by atoms with E-state index in [9.17, 15) is 0 Å². The van der Waals surface area contributed by atoms with Crippen LogP contribution in [0.1, 0.15) is 39.3 Å². The number of thiazole rings is 1. The highest BCUT2D eigenvalue weighted by Gasteiger charge is 2.19. The molecule has 1 saturated heterocycles. The monoisotopic (exact) mass is 310 g/mol. The average Bonchev–Trinajstić information content (AvgIpc) is 2.87. The van der Waals surface area contributed by atoms with E-state index in [2.05, 4.69) is 55.4 Å². The lowest BCUT2D eigenvalue weighted by atomic mass is 9.97. The zero-order valence-electron chi connectivity index (χ0n) is 14.1. The maximum absolute atomic E-state index is 4.77. The number of hydrogen-bond donors (Lipinski definition) is 1. The van der Waals surface area contributed by atoms with E-state index in [1.807, 2.05) is 0 Å². The van der Waals surface area contributed by atoms with Gasteiger partial charge in [0.05, 0.1) is 5.69 Å². The molecular weight excluding hydrogens is 280 g/mol. The first-order chi connectivity index (χ1) is 9.83. The Morgan fingerprint density at radius 2 is 2.05 bits per heavy atom. The van der Waals surface area contributed by atoms with E-state index in [0.29, 0.717) is 0 Å². The van der Waals surface area contributed by atoms with Gasteiger partial charge < -0.3 is 15.1 Å². The predicted octanol–water partition coefficient (Wildman–Crippen LogP) is 2.81. The molecule has 0 unspecified atom stereocenters. The smallest absolute Gasteiger partial charge is 0.185 e. The highest BCUT2D eigenvalue weighted by molar-refractivity contribution is 7.13. The van der Waals surface area contributed by atoms with Gasteiger partial charge in [0.2, 0.25) is 0 Å². The molecular formula is C16H30N4S. The summed E-state index contributed by atoms with van der Waals surface area (Å²) in [5.74, 6) is 0.811. The van der Waals surface area contributed by atoms with Crippen molar-refractivity contribution in [3.8, 4) is 0 Å². The van der Waals surface area contributed by atoms with E-state index in [4.69, 9.17) is 4.98 Å². The Kier molecular flexibility index (Phi) is 5.63. The van der Waals surface area contributed by atoms with E-state index in [-0.39, 0.29) is 5.54 Å². The molecule has 0 aromatic carbocycles. The van der Waals surface area contributed by atoms with Gasteiger partial charge in [-0.25, -0.2) is 4.98 Å². The molecule has 0 amide bonds. The number of aromatic nitrogens is 1. The van der Waals surface area contributed by atoms with Crippen LogP contribution in [0.2, 0.25) is 0 Å². The first-order valence-corrected chi connectivity index (χ1v) is 8.80. The fraction of sp³-hybridized carbons (Fsp3) is 0.812. The molecule has 120 valence electrons. The van der Waals surface area contributed by atoms with Gasteiger partial charge in [-0.1, -0.05) is 0 Å². The average molecular weight is 311 g/mol. The first-order valence-electron chi connectivity index (χ1n) is 7.92. The molecule has 0 saturated carbocycles. The molecule has 1 aliphatic heterocycles. The van der Waals surface area contributed by atoms with Gasteiger partial charge in [-0.05, 0) is 59.7 Å². The standard InChI is InChI=1S/C16H30N4S/c1-16(2,3)17-10-14-12-21-15(18-14)20(5)11-13-6-8-19(4)9-7-13/h12-13,17H,6-11H2,1-5H3. The second-order valence-electron chi connectivity index (χ2n) is 7.35. The number of likely N-dealkylation sites (tertiary alicyclic amines) is 1. The Morgan fingerprint density at radius 1 is 1.38 bits per heavy atom. The van der Waals surface area contributed by atoms with Crippen molar-refractivity contribution < 1.29 is 0 Å². The summed E-state index contributed by atoms with van der Waals surface area (Å²) in [6.07, 6.45) is 2.62. The second-order valence-corrected chi connectivity index (χ2v) is 8.19. The summed E-state index contributed by atoms with van der Waals surface area (Å²) in [4.78, 5) is 9.53. The lowest BCUT2D eigenvalue weighted by Crippen LogP contribution is -2.36. The Balaban J connectivity index is 1.82. The normalized spacial score (nSPS) is 18.1. The third-order valence-electron chi connectivity index (χ3n) is 4.04. The van der Waals surface area contributed by atoms with E-state index in [0.717, 1.165) is 29.8 Å². The molecule has 5 heteroatoms. The van der Waals surface area contributed by atoms with E-state index >= 15 is 0 Å². The number of nitrogens with zero attached hydrogens (tertiary/aromatic N) is 3. The first kappa shape index (κ1) is 16.7. The number of anilines is 1. The van der Waals surface area contributed by atoms with Crippen LogP contribution in [0.3, 0.4) is 0 Å². The minimum absolute atomic E-state index is 0.143. The van der Waals surface area contributed by atoms with Crippen molar-refractivity contribution in [3.05, 3.63) is 11.1 Å². The summed E-state index contributed by atoms with van der Waals surface area (Å²) in [5, 5.41) is 6.83. The highest BCUT2D eigenvalue weighted by atomic mass is 32.1. The molecule has 0 spiro atoms. The Labute approximate surface area is 133 Å². The molecule has 2 heterocycles. The van der Waals surface area contributed by atoms with Crippen molar-refractivity contribution in [2.24, 2.45) is 5.92 Å². The lowest BCUT2D eigenvalue weighted by molar-refractivity contribution is 0.222. The van der Waals surface area contributed by atoms with Crippen molar-refractivity contribution in [2.75, 3.05) is 38.6 Å². The SMILES string of the molecule is CN1CCC(CN(C)c2nc(CNC(C)(C)C)cs2)CC1. The maximum atomic E-state index is 4.77. The minimum Gasteiger partial charge on any atom is -0.351 e. The van der Waals surface area contributed by atoms with Crippen LogP contribution in [0.25, 0.3) is 0 Å². The molecule has 1 aromatic rings. The fourth-order valence-electron chi connectivity index (χ4n) is 2.62. The molecule has 0 atom stereocenters. The van der Waals surface area contributed by atoms with Gasteiger partial charge in [-0.2, -0.15) is 0 Å². The van der Waals surface area contributed by atoms with E-state index in [1.165, 1.54) is 25.9 Å². The van der Waals surface area contributed by atoms with Crippen LogP contribution in [0.5, 0.6) is 0 Å². The third kappa shape index (κ3) is 5.57. The Hall–Kier alpha value is -0.650. The number of rotatable bonds is 5. The quantitative estimate of drug-likeness (QED) is 0.906. The number of hydrogen-bond acceptors (Lipinski definition) is 5. The largest absolute Gasteiger partial charge is 0.351 e. The van der Waals surface area contributed by atoms with Crippen molar-refractivity contribution in [1.29, 1.82) is 0 Å². The van der Waals surface area contributed by atoms with Crippen LogP contribution in [-0.4, -0.2) is 49.2 Å². The highest BCUT2D eigenvalue weighted by Crippen LogP contribution is 2.23. The van der Waals surface area contributed by atoms with Crippen molar-refractivity contribution in [3.63, 3.8) is 0 Å². The van der Waals surface area contributed by atoms with E-state index < -0.39 is 0 Å². The zero-order valence-corrected chi connectivity index (χ0v) is 15.0. The molecule has 0 aliphatic carbocycles. The zero-order chi connectivity index (χ0) is 15.5. The van der Waals surface area contributed by atoms with Crippen molar-refractivity contribution in [2.45, 2.75) is 45.7 Å². The summed E-state index contributed by atoms with van der Waals surface area (Å²) in [6.45, 7) is 11.0. The Morgan fingerprint density at radius 3 is 2.67 bits per heavy atom. The van der Waals surface area contributed by atoms with Crippen LogP contribution in [0.15, 0.2) is 5.38 Å². The number of nitrogens with one attached hydrogen (secondary N) is 1. The second kappa shape index (κ2) is 7.07. The van der Waals surface area contributed by atoms with Crippen LogP contribution in [0.4, 0.5) is 5.13 Å². The summed E-state index contributed by atoms with van der Waals surface area (Å²) in [7, 11) is 4.40. The van der Waals surface area contributed by atoms with Gasteiger partial charge in [-0.15, -0.1) is 11.3 Å². The third-order valence-corrected chi connectivity index (χ3v) is 5.04. The molecule has 0 bridgehead atoms. The molecule has 1 fully saturated rings. The molecule has 4 nitrogen and oxygen atoms in total. The maximum Gasteiger partial charge on any atom is 0.185 e. The van der Waals surface area contributed by atoms with Gasteiger partial charge in [0.1, 0.15) is 0 Å². The number of piperidine rings is 1. The molecule has 1 N–H and O–H groups in total. The molecule has 1 aromatic heterocycles. The fourth-order valence-corrected chi connectivity index (χ4v) is 3.42. The van der Waals surface area contributed by atoms with Crippen LogP contribution >= 0.6 is 11.3 Å². The summed E-state index contributed by atoms with van der Waals surface area (Å²) >= 11 is 1.76. The topological polar surface area (TPSA) is 31.4 Å². The van der Waals surface area contributed by atoms with Crippen molar-refractivity contribution in [1.82, 2.24) is 15.2 Å². The van der Waals surface area contributed by atoms with E-state index in [1.54, 1.807) is 11.3 Å². The predicted molar refractivity (Wildman–Crippen MR) is 92.2 cm³/mol. The lowest BCUT2D eigenvalue weighted by Gasteiger charge is -2.31. The van der Waals surface area contributed by atoms with Crippen LogP contribution in [0, 0.1) is 5.92 Å². The van der Waals surface area contributed by atoms with Gasteiger partial charge in [0.25, 0.3) is 0 Å². The summed E-state index contributed by atoms with van der Waals surface area (Å²) < 4.78 is 0. The molecule has 0 radical (unpaired) electrons. The molecule has 21 heavy (non-hydrogen) atoms.